The molecule has 5 rings (SSSR count). The second-order valence-electron chi connectivity index (χ2n) is 8.89. The summed E-state index contributed by atoms with van der Waals surface area (Å²) >= 11 is 0. The van der Waals surface area contributed by atoms with Gasteiger partial charge in [-0.1, -0.05) is 46.7 Å². The first-order valence-corrected chi connectivity index (χ1v) is 11.7. The Hall–Kier alpha value is -4.24. The molecular formula is C27H26N4O5. The zero-order valence-corrected chi connectivity index (χ0v) is 20.0. The van der Waals surface area contributed by atoms with Crippen molar-refractivity contribution in [2.45, 2.75) is 38.7 Å². The average Bonchev–Trinajstić information content (AvgIpc) is 3.48. The Kier molecular flexibility index (Phi) is 6.39. The van der Waals surface area contributed by atoms with Gasteiger partial charge in [-0.05, 0) is 50.2 Å². The first-order valence-electron chi connectivity index (χ1n) is 11.7. The van der Waals surface area contributed by atoms with Crippen molar-refractivity contribution in [3.63, 3.8) is 0 Å². The van der Waals surface area contributed by atoms with Crippen molar-refractivity contribution in [1.82, 2.24) is 15.0 Å². The van der Waals surface area contributed by atoms with E-state index >= 15 is 0 Å². The van der Waals surface area contributed by atoms with Gasteiger partial charge in [-0.25, -0.2) is 14.3 Å². The van der Waals surface area contributed by atoms with Gasteiger partial charge in [0, 0.05) is 6.42 Å². The van der Waals surface area contributed by atoms with Crippen LogP contribution in [0.15, 0.2) is 66.7 Å². The van der Waals surface area contributed by atoms with E-state index in [-0.39, 0.29) is 6.61 Å². The van der Waals surface area contributed by atoms with E-state index < -0.39 is 30.4 Å². The summed E-state index contributed by atoms with van der Waals surface area (Å²) in [5.74, 6) is -0.962. The predicted octanol–water partition coefficient (Wildman–Crippen LogP) is 4.00. The summed E-state index contributed by atoms with van der Waals surface area (Å²) in [7, 11) is 0. The summed E-state index contributed by atoms with van der Waals surface area (Å²) in [5.41, 5.74) is 10.7. The molecule has 4 aromatic rings. The third-order valence-electron chi connectivity index (χ3n) is 6.20. The van der Waals surface area contributed by atoms with E-state index in [1.165, 1.54) is 0 Å². The Bertz CT molecular complexity index is 1400. The van der Waals surface area contributed by atoms with Gasteiger partial charge in [-0.15, -0.1) is 5.10 Å². The van der Waals surface area contributed by atoms with Crippen molar-refractivity contribution >= 4 is 28.7 Å². The quantitative estimate of drug-likeness (QED) is 0.321. The largest absolute Gasteiger partial charge is 0.459 e. The number of benzene rings is 3. The van der Waals surface area contributed by atoms with E-state index in [4.69, 9.17) is 19.9 Å². The van der Waals surface area contributed by atoms with Crippen LogP contribution >= 0.6 is 0 Å². The molecule has 36 heavy (non-hydrogen) atoms. The highest BCUT2D eigenvalue weighted by molar-refractivity contribution is 5.90. The maximum absolute atomic E-state index is 12.9. The smallest absolute Gasteiger partial charge is 0.338 e. The number of nitrogens with zero attached hydrogens (tertiary/aromatic N) is 3. The van der Waals surface area contributed by atoms with Gasteiger partial charge >= 0.3 is 11.9 Å². The maximum atomic E-state index is 12.9. The molecule has 0 saturated carbocycles. The SMILES string of the molecule is Cc1ccc(C(=O)OC[C@H]2O[C@@H](n3nnc4c(N)cccc43)C[C@@H]2OC(=O)c2ccc(C)cc2)cc1. The number of hydrogen-bond acceptors (Lipinski definition) is 8. The zero-order valence-electron chi connectivity index (χ0n) is 20.0. The Morgan fingerprint density at radius 3 is 2.28 bits per heavy atom. The third-order valence-corrected chi connectivity index (χ3v) is 6.20. The summed E-state index contributed by atoms with van der Waals surface area (Å²) in [6.07, 6.45) is -1.65. The van der Waals surface area contributed by atoms with Gasteiger partial charge in [0.25, 0.3) is 0 Å². The second kappa shape index (κ2) is 9.79. The Morgan fingerprint density at radius 2 is 1.61 bits per heavy atom. The molecule has 0 radical (unpaired) electrons. The number of esters is 2. The lowest BCUT2D eigenvalue weighted by atomic mass is 10.1. The monoisotopic (exact) mass is 486 g/mol. The molecule has 0 amide bonds. The van der Waals surface area contributed by atoms with Crippen LogP contribution in [0.5, 0.6) is 0 Å². The summed E-state index contributed by atoms with van der Waals surface area (Å²) in [4.78, 5) is 25.5. The van der Waals surface area contributed by atoms with E-state index in [2.05, 4.69) is 10.3 Å². The molecule has 0 aliphatic carbocycles. The molecule has 0 bridgehead atoms. The number of aromatic nitrogens is 3. The van der Waals surface area contributed by atoms with E-state index in [1.807, 2.05) is 50.2 Å². The Morgan fingerprint density at radius 1 is 0.972 bits per heavy atom. The number of anilines is 1. The number of aryl methyl sites for hydroxylation is 2. The number of rotatable bonds is 6. The van der Waals surface area contributed by atoms with E-state index in [1.54, 1.807) is 35.0 Å². The van der Waals surface area contributed by atoms with E-state index in [9.17, 15) is 9.59 Å². The molecule has 1 aliphatic rings. The molecule has 1 aromatic heterocycles. The Labute approximate surface area is 207 Å². The fourth-order valence-corrected chi connectivity index (χ4v) is 4.15. The van der Waals surface area contributed by atoms with Crippen molar-refractivity contribution in [3.8, 4) is 0 Å². The van der Waals surface area contributed by atoms with Crippen molar-refractivity contribution in [3.05, 3.63) is 89.0 Å². The lowest BCUT2D eigenvalue weighted by Gasteiger charge is -2.19. The summed E-state index contributed by atoms with van der Waals surface area (Å²) in [5, 5.41) is 8.38. The number of nitrogen functional groups attached to an aromatic ring is 1. The van der Waals surface area contributed by atoms with Gasteiger partial charge in [-0.3, -0.25) is 0 Å². The zero-order chi connectivity index (χ0) is 25.2. The molecular weight excluding hydrogens is 460 g/mol. The fraction of sp³-hybridized carbons (Fsp3) is 0.259. The van der Waals surface area contributed by atoms with E-state index in [0.717, 1.165) is 11.1 Å². The first kappa shape index (κ1) is 23.5. The van der Waals surface area contributed by atoms with Crippen molar-refractivity contribution in [1.29, 1.82) is 0 Å². The molecule has 3 aromatic carbocycles. The number of hydrogen-bond donors (Lipinski definition) is 1. The summed E-state index contributed by atoms with van der Waals surface area (Å²) in [6.45, 7) is 3.79. The minimum absolute atomic E-state index is 0.0934. The topological polar surface area (TPSA) is 119 Å². The van der Waals surface area contributed by atoms with Gasteiger partial charge in [0.05, 0.1) is 22.3 Å². The Balaban J connectivity index is 1.36. The van der Waals surface area contributed by atoms with Gasteiger partial charge in [0.1, 0.15) is 24.3 Å². The normalized spacial score (nSPS) is 19.3. The van der Waals surface area contributed by atoms with Crippen LogP contribution in [0.4, 0.5) is 5.69 Å². The van der Waals surface area contributed by atoms with Crippen LogP contribution in [0.2, 0.25) is 0 Å². The number of nitrogens with two attached hydrogens (primary N) is 1. The van der Waals surface area contributed by atoms with Crippen molar-refractivity contribution in [2.24, 2.45) is 0 Å². The summed E-state index contributed by atoms with van der Waals surface area (Å²) < 4.78 is 19.2. The van der Waals surface area contributed by atoms with Gasteiger partial charge < -0.3 is 19.9 Å². The molecule has 9 heteroatoms. The highest BCUT2D eigenvalue weighted by Crippen LogP contribution is 2.34. The molecule has 1 fully saturated rings. The van der Waals surface area contributed by atoms with Crippen LogP contribution in [0.3, 0.4) is 0 Å². The average molecular weight is 487 g/mol. The van der Waals surface area contributed by atoms with E-state index in [0.29, 0.717) is 34.3 Å². The van der Waals surface area contributed by atoms with Gasteiger partial charge in [0.15, 0.2) is 6.23 Å². The molecule has 2 N–H and O–H groups in total. The lowest BCUT2D eigenvalue weighted by molar-refractivity contribution is -0.0593. The number of carbonyl (C=O) groups excluding carboxylic acids is 2. The molecule has 2 heterocycles. The minimum Gasteiger partial charge on any atom is -0.459 e. The molecule has 184 valence electrons. The highest BCUT2D eigenvalue weighted by atomic mass is 16.6. The first-order chi connectivity index (χ1) is 17.4. The second-order valence-corrected chi connectivity index (χ2v) is 8.89. The number of ether oxygens (including phenoxy) is 3. The highest BCUT2D eigenvalue weighted by Gasteiger charge is 2.41. The van der Waals surface area contributed by atoms with Crippen LogP contribution in [0, 0.1) is 13.8 Å². The van der Waals surface area contributed by atoms with Gasteiger partial charge in [0.2, 0.25) is 0 Å². The fourth-order valence-electron chi connectivity index (χ4n) is 4.15. The molecule has 9 nitrogen and oxygen atoms in total. The van der Waals surface area contributed by atoms with Crippen molar-refractivity contribution < 1.29 is 23.8 Å². The van der Waals surface area contributed by atoms with Crippen LogP contribution in [-0.2, 0) is 14.2 Å². The van der Waals surface area contributed by atoms with Crippen molar-refractivity contribution in [2.75, 3.05) is 12.3 Å². The number of carbonyl (C=O) groups is 2. The van der Waals surface area contributed by atoms with Gasteiger partial charge in [-0.2, -0.15) is 0 Å². The van der Waals surface area contributed by atoms with Crippen LogP contribution in [0.25, 0.3) is 11.0 Å². The minimum atomic E-state index is -0.695. The predicted molar refractivity (Wildman–Crippen MR) is 132 cm³/mol. The third kappa shape index (κ3) is 4.78. The molecule has 1 saturated heterocycles. The molecule has 0 unspecified atom stereocenters. The molecule has 3 atom stereocenters. The summed E-state index contributed by atoms with van der Waals surface area (Å²) in [6, 6.07) is 19.6. The lowest BCUT2D eigenvalue weighted by Crippen LogP contribution is -2.32. The van der Waals surface area contributed by atoms with Crippen LogP contribution < -0.4 is 5.73 Å². The standard InChI is InChI=1S/C27H26N4O5/c1-16-6-10-18(11-7-16)26(32)34-15-23-22(36-27(33)19-12-8-17(2)9-13-19)14-24(35-23)31-21-5-3-4-20(28)25(21)29-30-31/h3-13,22-24H,14-15,28H2,1-2H3/t22-,23+,24+/m0/s1. The van der Waals surface area contributed by atoms with Crippen LogP contribution in [0.1, 0.15) is 44.5 Å². The molecule has 0 spiro atoms. The van der Waals surface area contributed by atoms with Crippen LogP contribution in [-0.4, -0.2) is 45.7 Å². The number of fused-ring (bicyclic) bond motifs is 1. The maximum Gasteiger partial charge on any atom is 0.338 e. The molecule has 1 aliphatic heterocycles.